The predicted octanol–water partition coefficient (Wildman–Crippen LogP) is 5.51. The fraction of sp³-hybridized carbons (Fsp3) is 0.906. The van der Waals surface area contributed by atoms with Gasteiger partial charge in [0.1, 0.15) is 0 Å². The lowest BCUT2D eigenvalue weighted by molar-refractivity contribution is -0.215. The maximum absolute atomic E-state index is 12.0. The van der Waals surface area contributed by atoms with E-state index in [-0.39, 0.29) is 56.9 Å². The van der Waals surface area contributed by atoms with E-state index in [4.69, 9.17) is 4.74 Å². The third-order valence-electron chi connectivity index (χ3n) is 13.4. The fourth-order valence-electron chi connectivity index (χ4n) is 11.4. The van der Waals surface area contributed by atoms with Crippen LogP contribution in [0.5, 0.6) is 0 Å². The molecule has 5 rings (SSSR count). The second kappa shape index (κ2) is 8.54. The Morgan fingerprint density at radius 2 is 1.68 bits per heavy atom. The van der Waals surface area contributed by atoms with Crippen molar-refractivity contribution in [3.63, 3.8) is 0 Å². The molecule has 0 aromatic heterocycles. The average molecular weight is 517 g/mol. The summed E-state index contributed by atoms with van der Waals surface area (Å²) in [6, 6.07) is 0. The van der Waals surface area contributed by atoms with Gasteiger partial charge in [-0.2, -0.15) is 0 Å². The normalized spacial score (nSPS) is 52.4. The number of allylic oxidation sites excluding steroid dienone is 1. The molecule has 5 aliphatic rings. The van der Waals surface area contributed by atoms with Gasteiger partial charge in [-0.15, -0.1) is 0 Å². The van der Waals surface area contributed by atoms with Crippen LogP contribution >= 0.6 is 0 Å². The first kappa shape index (κ1) is 27.6. The van der Waals surface area contributed by atoms with Crippen LogP contribution in [-0.4, -0.2) is 46.2 Å². The van der Waals surface area contributed by atoms with Crippen LogP contribution in [-0.2, 0) is 9.53 Å². The highest BCUT2D eigenvalue weighted by atomic mass is 16.5. The Morgan fingerprint density at radius 1 is 1.00 bits per heavy atom. The highest BCUT2D eigenvalue weighted by Crippen LogP contribution is 2.76. The molecule has 5 aliphatic carbocycles. The highest BCUT2D eigenvalue weighted by molar-refractivity contribution is 5.66. The lowest BCUT2D eigenvalue weighted by Crippen LogP contribution is -2.66. The maximum Gasteiger partial charge on any atom is 0.302 e. The van der Waals surface area contributed by atoms with E-state index in [0.29, 0.717) is 24.9 Å². The van der Waals surface area contributed by atoms with Gasteiger partial charge in [-0.3, -0.25) is 4.79 Å². The molecule has 210 valence electrons. The Hall–Kier alpha value is -0.910. The van der Waals surface area contributed by atoms with Gasteiger partial charge in [-0.05, 0) is 84.4 Å². The minimum atomic E-state index is -0.459. The lowest BCUT2D eigenvalue weighted by atomic mass is 9.35. The monoisotopic (exact) mass is 516 g/mol. The Bertz CT molecular complexity index is 970. The SMILES string of the molecule is CC(=O)OC[C@@]12CC[C@@]3(C)[C@H]4C(=CC[C@]3(C)[C@H]1[C@H](O)C[C@H]2C(C)C)[C@@]1(C)CC[C@H](O)C(C)(C)[C@H]1C[C@@H]4O. The topological polar surface area (TPSA) is 87.0 Å². The molecule has 5 heteroatoms. The van der Waals surface area contributed by atoms with Crippen LogP contribution in [0.2, 0.25) is 0 Å². The first-order chi connectivity index (χ1) is 17.1. The molecule has 0 aliphatic heterocycles. The molecule has 0 aromatic carbocycles. The van der Waals surface area contributed by atoms with Crippen LogP contribution in [0.4, 0.5) is 0 Å². The number of hydrogen-bond acceptors (Lipinski definition) is 5. The number of aliphatic hydroxyl groups excluding tert-OH is 3. The zero-order valence-electron chi connectivity index (χ0n) is 24.5. The van der Waals surface area contributed by atoms with Gasteiger partial charge in [0.05, 0.1) is 24.9 Å². The largest absolute Gasteiger partial charge is 0.465 e. The van der Waals surface area contributed by atoms with E-state index in [1.807, 2.05) is 0 Å². The Balaban J connectivity index is 1.61. The third kappa shape index (κ3) is 3.48. The summed E-state index contributed by atoms with van der Waals surface area (Å²) in [6.07, 6.45) is 7.21. The van der Waals surface area contributed by atoms with Crippen molar-refractivity contribution in [2.24, 2.45) is 56.7 Å². The lowest BCUT2D eigenvalue weighted by Gasteiger charge is -2.70. The van der Waals surface area contributed by atoms with Crippen LogP contribution in [0.15, 0.2) is 11.6 Å². The number of carbonyl (C=O) groups is 1. The molecule has 0 saturated heterocycles. The molecule has 0 bridgehead atoms. The molecule has 4 fully saturated rings. The highest BCUT2D eigenvalue weighted by Gasteiger charge is 2.72. The molecule has 11 atom stereocenters. The van der Waals surface area contributed by atoms with E-state index in [1.165, 1.54) is 12.5 Å². The summed E-state index contributed by atoms with van der Waals surface area (Å²) in [7, 11) is 0. The molecule has 0 radical (unpaired) electrons. The first-order valence-corrected chi connectivity index (χ1v) is 14.9. The average Bonchev–Trinajstić information content (AvgIpc) is 3.11. The first-order valence-electron chi connectivity index (χ1n) is 14.9. The molecule has 5 nitrogen and oxygen atoms in total. The summed E-state index contributed by atoms with van der Waals surface area (Å²) in [4.78, 5) is 12.0. The summed E-state index contributed by atoms with van der Waals surface area (Å²) < 4.78 is 5.78. The van der Waals surface area contributed by atoms with Gasteiger partial charge < -0.3 is 20.1 Å². The Kier molecular flexibility index (Phi) is 6.38. The summed E-state index contributed by atoms with van der Waals surface area (Å²) in [6.45, 7) is 17.9. The Morgan fingerprint density at radius 3 is 2.30 bits per heavy atom. The van der Waals surface area contributed by atoms with Gasteiger partial charge in [0, 0.05) is 24.2 Å². The second-order valence-electron chi connectivity index (χ2n) is 15.5. The summed E-state index contributed by atoms with van der Waals surface area (Å²) in [5.41, 5.74) is 0.536. The molecule has 0 aromatic rings. The van der Waals surface area contributed by atoms with Crippen molar-refractivity contribution in [2.75, 3.05) is 6.61 Å². The minimum Gasteiger partial charge on any atom is -0.465 e. The van der Waals surface area contributed by atoms with Crippen molar-refractivity contribution in [3.05, 3.63) is 11.6 Å². The van der Waals surface area contributed by atoms with Crippen LogP contribution in [0, 0.1) is 56.7 Å². The van der Waals surface area contributed by atoms with Crippen molar-refractivity contribution in [1.82, 2.24) is 0 Å². The fourth-order valence-corrected chi connectivity index (χ4v) is 11.4. The molecule has 4 saturated carbocycles. The number of ether oxygens (including phenoxy) is 1. The van der Waals surface area contributed by atoms with Gasteiger partial charge in [0.25, 0.3) is 0 Å². The van der Waals surface area contributed by atoms with Crippen LogP contribution in [0.1, 0.15) is 100 Å². The number of carbonyl (C=O) groups excluding carboxylic acids is 1. The van der Waals surface area contributed by atoms with E-state index in [0.717, 1.165) is 38.5 Å². The molecule has 0 heterocycles. The molecule has 0 unspecified atom stereocenters. The molecule has 3 N–H and O–H groups in total. The minimum absolute atomic E-state index is 0.0191. The van der Waals surface area contributed by atoms with Crippen LogP contribution in [0.3, 0.4) is 0 Å². The van der Waals surface area contributed by atoms with Gasteiger partial charge in [0.15, 0.2) is 0 Å². The van der Waals surface area contributed by atoms with Crippen LogP contribution < -0.4 is 0 Å². The summed E-state index contributed by atoms with van der Waals surface area (Å²) in [5, 5.41) is 34.6. The zero-order chi connectivity index (χ0) is 27.3. The van der Waals surface area contributed by atoms with E-state index in [2.05, 4.69) is 54.5 Å². The summed E-state index contributed by atoms with van der Waals surface area (Å²) >= 11 is 0. The number of aliphatic hydroxyl groups is 3. The number of hydrogen-bond donors (Lipinski definition) is 3. The van der Waals surface area contributed by atoms with E-state index in [1.54, 1.807) is 0 Å². The maximum atomic E-state index is 12.0. The smallest absolute Gasteiger partial charge is 0.302 e. The number of rotatable bonds is 3. The van der Waals surface area contributed by atoms with Crippen molar-refractivity contribution < 1.29 is 24.9 Å². The molecule has 0 amide bonds. The molecule has 37 heavy (non-hydrogen) atoms. The Labute approximate surface area is 224 Å². The van der Waals surface area contributed by atoms with Gasteiger partial charge in [0.2, 0.25) is 0 Å². The van der Waals surface area contributed by atoms with Crippen molar-refractivity contribution in [3.8, 4) is 0 Å². The number of fused-ring (bicyclic) bond motifs is 7. The second-order valence-corrected chi connectivity index (χ2v) is 15.5. The standard InChI is InChI=1S/C32H52O5/c1-18(2)21-15-23(35)27-31(8)12-9-20-26(30(31,7)13-14-32(21,27)17-37-19(3)33)22(34)16-24-28(4,5)25(36)10-11-29(20,24)6/h9,18,21-27,34-36H,10-17H2,1-8H3/t21-,22-,23+,24+,25-,26-,27+,29+,30-,31+,32+/m0/s1. The number of esters is 1. The van der Waals surface area contributed by atoms with E-state index >= 15 is 0 Å². The van der Waals surface area contributed by atoms with Gasteiger partial charge in [-0.1, -0.05) is 60.1 Å². The van der Waals surface area contributed by atoms with Crippen LogP contribution in [0.25, 0.3) is 0 Å². The van der Waals surface area contributed by atoms with Crippen molar-refractivity contribution in [2.45, 2.75) is 119 Å². The zero-order valence-corrected chi connectivity index (χ0v) is 24.5. The van der Waals surface area contributed by atoms with Crippen molar-refractivity contribution >= 4 is 5.97 Å². The van der Waals surface area contributed by atoms with Gasteiger partial charge >= 0.3 is 5.97 Å². The van der Waals surface area contributed by atoms with Gasteiger partial charge in [-0.25, -0.2) is 0 Å². The van der Waals surface area contributed by atoms with E-state index < -0.39 is 12.2 Å². The molecular weight excluding hydrogens is 464 g/mol. The predicted molar refractivity (Wildman–Crippen MR) is 144 cm³/mol. The third-order valence-corrected chi connectivity index (χ3v) is 13.4. The van der Waals surface area contributed by atoms with E-state index in [9.17, 15) is 20.1 Å². The molecular formula is C32H52O5. The van der Waals surface area contributed by atoms with Crippen molar-refractivity contribution in [1.29, 1.82) is 0 Å². The molecule has 0 spiro atoms. The summed E-state index contributed by atoms with van der Waals surface area (Å²) in [5.74, 6) is 0.765. The quantitative estimate of drug-likeness (QED) is 0.340.